The van der Waals surface area contributed by atoms with Crippen molar-refractivity contribution in [1.82, 2.24) is 4.90 Å². The van der Waals surface area contributed by atoms with E-state index in [4.69, 9.17) is 5.11 Å². The van der Waals surface area contributed by atoms with Crippen LogP contribution >= 0.6 is 11.3 Å². The topological polar surface area (TPSA) is 23.5 Å². The lowest BCUT2D eigenvalue weighted by molar-refractivity contribution is -0.0816. The molecular formula is C15H17F2NOS. The number of benzene rings is 1. The lowest BCUT2D eigenvalue weighted by Crippen LogP contribution is -2.46. The third-order valence-electron chi connectivity index (χ3n) is 3.91. The molecule has 2 aromatic rings. The molecule has 1 N–H and O–H groups in total. The molecule has 108 valence electrons. The molecule has 5 heteroatoms. The monoisotopic (exact) mass is 297 g/mol. The van der Waals surface area contributed by atoms with Crippen molar-refractivity contribution in [2.24, 2.45) is 0 Å². The van der Waals surface area contributed by atoms with Gasteiger partial charge in [0.1, 0.15) is 6.61 Å². The molecular weight excluding hydrogens is 280 g/mol. The van der Waals surface area contributed by atoms with Gasteiger partial charge in [-0.3, -0.25) is 4.90 Å². The van der Waals surface area contributed by atoms with Crippen LogP contribution in [0.15, 0.2) is 24.3 Å². The number of halogens is 2. The second-order valence-corrected chi connectivity index (χ2v) is 6.61. The van der Waals surface area contributed by atoms with E-state index in [1.54, 1.807) is 16.2 Å². The normalized spacial score (nSPS) is 20.3. The second-order valence-electron chi connectivity index (χ2n) is 5.47. The highest BCUT2D eigenvalue weighted by Gasteiger charge is 2.35. The molecule has 3 rings (SSSR count). The Balaban J connectivity index is 1.92. The van der Waals surface area contributed by atoms with E-state index in [1.807, 2.05) is 19.1 Å². The van der Waals surface area contributed by atoms with Crippen molar-refractivity contribution in [3.63, 3.8) is 0 Å². The zero-order chi connectivity index (χ0) is 14.3. The van der Waals surface area contributed by atoms with Crippen molar-refractivity contribution in [3.05, 3.63) is 34.7 Å². The molecule has 0 bridgehead atoms. The number of hydrogen-bond donors (Lipinski definition) is 1. The van der Waals surface area contributed by atoms with Gasteiger partial charge < -0.3 is 5.11 Å². The second kappa shape index (κ2) is 5.06. The van der Waals surface area contributed by atoms with Crippen molar-refractivity contribution < 1.29 is 13.9 Å². The minimum atomic E-state index is -3.03. The summed E-state index contributed by atoms with van der Waals surface area (Å²) in [7, 11) is 0. The molecule has 1 atom stereocenters. The smallest absolute Gasteiger partial charge is 0.283 e. The minimum Gasteiger partial charge on any atom is -0.390 e. The highest BCUT2D eigenvalue weighted by molar-refractivity contribution is 7.19. The molecule has 0 amide bonds. The molecule has 0 fully saturated rings. The van der Waals surface area contributed by atoms with E-state index in [2.05, 4.69) is 12.1 Å². The summed E-state index contributed by atoms with van der Waals surface area (Å²) >= 11 is 1.77. The fourth-order valence-electron chi connectivity index (χ4n) is 2.80. The maximum Gasteiger partial charge on any atom is 0.283 e. The summed E-state index contributed by atoms with van der Waals surface area (Å²) in [4.78, 5) is 3.08. The van der Waals surface area contributed by atoms with Crippen LogP contribution in [-0.2, 0) is 13.0 Å². The first-order valence-electron chi connectivity index (χ1n) is 6.72. The Morgan fingerprint density at radius 3 is 2.90 bits per heavy atom. The summed E-state index contributed by atoms with van der Waals surface area (Å²) in [5, 5.41) is 9.94. The first kappa shape index (κ1) is 13.9. The molecule has 20 heavy (non-hydrogen) atoms. The van der Waals surface area contributed by atoms with Crippen LogP contribution in [-0.4, -0.2) is 35.1 Å². The van der Waals surface area contributed by atoms with Gasteiger partial charge >= 0.3 is 0 Å². The summed E-state index contributed by atoms with van der Waals surface area (Å²) in [6.07, 6.45) is 0.802. The maximum atomic E-state index is 13.4. The summed E-state index contributed by atoms with van der Waals surface area (Å²) in [5.41, 5.74) is 1.18. The number of alkyl halides is 2. The molecule has 0 aliphatic carbocycles. The van der Waals surface area contributed by atoms with E-state index in [0.29, 0.717) is 6.54 Å². The Bertz CT molecular complexity index is 625. The largest absolute Gasteiger partial charge is 0.390 e. The Labute approximate surface area is 120 Å². The number of aliphatic hydroxyl groups excluding tert-OH is 1. The molecule has 0 saturated heterocycles. The van der Waals surface area contributed by atoms with Gasteiger partial charge in [0.2, 0.25) is 0 Å². The fourth-order valence-corrected chi connectivity index (χ4v) is 4.14. The number of hydrogen-bond acceptors (Lipinski definition) is 3. The van der Waals surface area contributed by atoms with Crippen molar-refractivity contribution in [1.29, 1.82) is 0 Å². The van der Waals surface area contributed by atoms with Crippen LogP contribution in [0.2, 0.25) is 0 Å². The number of rotatable bonds is 3. The third-order valence-corrected chi connectivity index (χ3v) is 5.15. The van der Waals surface area contributed by atoms with E-state index >= 15 is 0 Å². The highest BCUT2D eigenvalue weighted by atomic mass is 32.1. The van der Waals surface area contributed by atoms with Gasteiger partial charge in [-0.05, 0) is 30.4 Å². The molecule has 1 aliphatic heterocycles. The predicted octanol–water partition coefficient (Wildman–Crippen LogP) is 3.28. The van der Waals surface area contributed by atoms with E-state index in [9.17, 15) is 8.78 Å². The fraction of sp³-hybridized carbons (Fsp3) is 0.467. The van der Waals surface area contributed by atoms with Crippen molar-refractivity contribution in [2.75, 3.05) is 13.2 Å². The van der Waals surface area contributed by atoms with Crippen LogP contribution in [0.5, 0.6) is 0 Å². The SMILES string of the molecule is CC1Cc2sc3ccccc3c2CN1CC(F)(F)CO. The van der Waals surface area contributed by atoms with E-state index in [1.165, 1.54) is 20.5 Å². The molecule has 1 aromatic heterocycles. The molecule has 1 aromatic carbocycles. The quantitative estimate of drug-likeness (QED) is 0.940. The highest BCUT2D eigenvalue weighted by Crippen LogP contribution is 2.37. The van der Waals surface area contributed by atoms with Gasteiger partial charge in [0, 0.05) is 22.2 Å². The van der Waals surface area contributed by atoms with Gasteiger partial charge in [0.15, 0.2) is 0 Å². The van der Waals surface area contributed by atoms with Crippen molar-refractivity contribution in [3.8, 4) is 0 Å². The summed E-state index contributed by atoms with van der Waals surface area (Å²) < 4.78 is 28.1. The van der Waals surface area contributed by atoms with Gasteiger partial charge in [-0.15, -0.1) is 11.3 Å². The average Bonchev–Trinajstić information content (AvgIpc) is 2.76. The number of aliphatic hydroxyl groups is 1. The Hall–Kier alpha value is -1.04. The van der Waals surface area contributed by atoms with Crippen LogP contribution in [0.1, 0.15) is 17.4 Å². The average molecular weight is 297 g/mol. The number of thiophene rings is 1. The molecule has 1 unspecified atom stereocenters. The summed E-state index contributed by atoms with van der Waals surface area (Å²) in [6.45, 7) is 1.04. The lowest BCUT2D eigenvalue weighted by atomic mass is 9.99. The van der Waals surface area contributed by atoms with Gasteiger partial charge in [0.25, 0.3) is 5.92 Å². The maximum absolute atomic E-state index is 13.4. The number of fused-ring (bicyclic) bond motifs is 3. The Morgan fingerprint density at radius 1 is 1.40 bits per heavy atom. The van der Waals surface area contributed by atoms with Crippen molar-refractivity contribution >= 4 is 21.4 Å². The zero-order valence-electron chi connectivity index (χ0n) is 11.3. The molecule has 0 radical (unpaired) electrons. The van der Waals surface area contributed by atoms with Gasteiger partial charge in [-0.2, -0.15) is 0 Å². The zero-order valence-corrected chi connectivity index (χ0v) is 12.1. The van der Waals surface area contributed by atoms with Crippen LogP contribution in [0.3, 0.4) is 0 Å². The van der Waals surface area contributed by atoms with Crippen LogP contribution in [0, 0.1) is 0 Å². The molecule has 2 nitrogen and oxygen atoms in total. The number of nitrogens with zero attached hydrogens (tertiary/aromatic N) is 1. The lowest BCUT2D eigenvalue weighted by Gasteiger charge is -2.35. The molecule has 0 saturated carbocycles. The van der Waals surface area contributed by atoms with E-state index in [-0.39, 0.29) is 12.6 Å². The van der Waals surface area contributed by atoms with Crippen LogP contribution in [0.25, 0.3) is 10.1 Å². The van der Waals surface area contributed by atoms with E-state index in [0.717, 1.165) is 6.42 Å². The summed E-state index contributed by atoms with van der Waals surface area (Å²) in [6, 6.07) is 8.21. The summed E-state index contributed by atoms with van der Waals surface area (Å²) in [5.74, 6) is -3.03. The third kappa shape index (κ3) is 2.45. The molecule has 1 aliphatic rings. The van der Waals surface area contributed by atoms with Crippen molar-refractivity contribution in [2.45, 2.75) is 31.9 Å². The van der Waals surface area contributed by atoms with Gasteiger partial charge in [-0.1, -0.05) is 18.2 Å². The molecule has 0 spiro atoms. The first-order valence-corrected chi connectivity index (χ1v) is 7.54. The van der Waals surface area contributed by atoms with Gasteiger partial charge in [0.05, 0.1) is 6.54 Å². The Morgan fingerprint density at radius 2 is 2.15 bits per heavy atom. The molecule has 2 heterocycles. The Kier molecular flexibility index (Phi) is 3.52. The first-order chi connectivity index (χ1) is 9.50. The van der Waals surface area contributed by atoms with Crippen LogP contribution < -0.4 is 0 Å². The van der Waals surface area contributed by atoms with Crippen LogP contribution in [0.4, 0.5) is 8.78 Å². The van der Waals surface area contributed by atoms with Gasteiger partial charge in [-0.25, -0.2) is 8.78 Å². The predicted molar refractivity (Wildman–Crippen MR) is 77.4 cm³/mol. The van der Waals surface area contributed by atoms with E-state index < -0.39 is 12.5 Å². The minimum absolute atomic E-state index is 0.0768. The standard InChI is InChI=1S/C15H17F2NOS/c1-10-6-14-12(7-18(10)8-15(16,17)9-19)11-4-2-3-5-13(11)20-14/h2-5,10,19H,6-9H2,1H3.